The highest BCUT2D eigenvalue weighted by molar-refractivity contribution is 5.78. The van der Waals surface area contributed by atoms with Crippen molar-refractivity contribution in [3.8, 4) is 17.2 Å². The van der Waals surface area contributed by atoms with Crippen LogP contribution in [0.3, 0.4) is 0 Å². The zero-order valence-corrected chi connectivity index (χ0v) is 7.66. The van der Waals surface area contributed by atoms with E-state index in [1.165, 1.54) is 12.1 Å². The molecule has 15 heavy (non-hydrogen) atoms. The number of benzene rings is 1. The normalized spacial score (nSPS) is 9.87. The lowest BCUT2D eigenvalue weighted by atomic mass is 10.1. The zero-order valence-electron chi connectivity index (χ0n) is 7.66. The molecule has 4 nitrogen and oxygen atoms in total. The molecule has 0 aliphatic heterocycles. The Labute approximate surface area is 85.1 Å². The van der Waals surface area contributed by atoms with Gasteiger partial charge in [0.05, 0.1) is 5.56 Å². The Morgan fingerprint density at radius 2 is 2.27 bits per heavy atom. The zero-order chi connectivity index (χ0) is 10.8. The van der Waals surface area contributed by atoms with Crippen LogP contribution in [0.25, 0.3) is 11.1 Å². The van der Waals surface area contributed by atoms with Gasteiger partial charge in [-0.15, -0.1) is 0 Å². The molecule has 1 aromatic heterocycles. The molecule has 0 spiro atoms. The fraction of sp³-hybridized carbons (Fsp3) is 0. The van der Waals surface area contributed by atoms with E-state index in [9.17, 15) is 4.39 Å². The van der Waals surface area contributed by atoms with Crippen molar-refractivity contribution in [2.75, 3.05) is 5.73 Å². The van der Waals surface area contributed by atoms with E-state index >= 15 is 0 Å². The van der Waals surface area contributed by atoms with Crippen molar-refractivity contribution in [2.24, 2.45) is 0 Å². The summed E-state index contributed by atoms with van der Waals surface area (Å²) in [7, 11) is 0. The summed E-state index contributed by atoms with van der Waals surface area (Å²) in [5.41, 5.74) is 6.75. The summed E-state index contributed by atoms with van der Waals surface area (Å²) in [5.74, 6) is -0.117. The number of nitrogens with one attached hydrogen (secondary N) is 1. The maximum absolute atomic E-state index is 13.0. The smallest absolute Gasteiger partial charge is 0.172 e. The molecule has 0 fully saturated rings. The van der Waals surface area contributed by atoms with E-state index in [-0.39, 0.29) is 17.3 Å². The van der Waals surface area contributed by atoms with Crippen molar-refractivity contribution in [1.29, 1.82) is 5.26 Å². The summed E-state index contributed by atoms with van der Waals surface area (Å²) in [6.45, 7) is 0. The molecule has 2 rings (SSSR count). The second-order valence-corrected chi connectivity index (χ2v) is 2.98. The van der Waals surface area contributed by atoms with Gasteiger partial charge in [0.1, 0.15) is 17.7 Å². The van der Waals surface area contributed by atoms with Gasteiger partial charge < -0.3 is 5.73 Å². The molecule has 0 atom stereocenters. The average molecular weight is 202 g/mol. The van der Waals surface area contributed by atoms with Crippen LogP contribution in [0.5, 0.6) is 0 Å². The van der Waals surface area contributed by atoms with Gasteiger partial charge in [-0.3, -0.25) is 5.10 Å². The van der Waals surface area contributed by atoms with Gasteiger partial charge in [-0.05, 0) is 17.7 Å². The van der Waals surface area contributed by atoms with Crippen LogP contribution in [0.15, 0.2) is 24.3 Å². The first-order valence-corrected chi connectivity index (χ1v) is 4.22. The van der Waals surface area contributed by atoms with E-state index in [0.29, 0.717) is 11.1 Å². The summed E-state index contributed by atoms with van der Waals surface area (Å²) in [5, 5.41) is 15.0. The van der Waals surface area contributed by atoms with E-state index in [1.54, 1.807) is 12.1 Å². The Balaban J connectivity index is 2.64. The maximum atomic E-state index is 13.0. The number of nitrogen functional groups attached to an aromatic ring is 1. The van der Waals surface area contributed by atoms with Gasteiger partial charge in [0.15, 0.2) is 5.69 Å². The molecule has 0 radical (unpaired) electrons. The lowest BCUT2D eigenvalue weighted by Gasteiger charge is -1.99. The standard InChI is InChI=1S/C10H7FN4/c11-7-3-1-2-6(4-7)9-8(5-12)14-15-10(9)13/h1-4H,(H3,13,14,15). The van der Waals surface area contributed by atoms with Gasteiger partial charge in [0.25, 0.3) is 0 Å². The van der Waals surface area contributed by atoms with Crippen LogP contribution in [0.1, 0.15) is 5.69 Å². The first-order chi connectivity index (χ1) is 7.22. The molecule has 5 heteroatoms. The number of aromatic nitrogens is 2. The number of hydrogen-bond donors (Lipinski definition) is 2. The fourth-order valence-corrected chi connectivity index (χ4v) is 1.37. The highest BCUT2D eigenvalue weighted by Crippen LogP contribution is 2.27. The Bertz CT molecular complexity index is 539. The summed E-state index contributed by atoms with van der Waals surface area (Å²) < 4.78 is 13.0. The predicted molar refractivity (Wildman–Crippen MR) is 53.1 cm³/mol. The second kappa shape index (κ2) is 3.42. The van der Waals surface area contributed by atoms with Gasteiger partial charge in [-0.25, -0.2) is 4.39 Å². The Morgan fingerprint density at radius 3 is 2.93 bits per heavy atom. The van der Waals surface area contributed by atoms with E-state index in [4.69, 9.17) is 11.0 Å². The lowest BCUT2D eigenvalue weighted by Crippen LogP contribution is -1.89. The fourth-order valence-electron chi connectivity index (χ4n) is 1.37. The number of nitrogens with two attached hydrogens (primary N) is 1. The number of aromatic amines is 1. The minimum absolute atomic E-state index is 0.165. The quantitative estimate of drug-likeness (QED) is 0.738. The van der Waals surface area contributed by atoms with E-state index < -0.39 is 0 Å². The Morgan fingerprint density at radius 1 is 1.47 bits per heavy atom. The minimum atomic E-state index is -0.378. The van der Waals surface area contributed by atoms with Crippen LogP contribution in [0, 0.1) is 17.1 Å². The molecule has 0 saturated carbocycles. The number of rotatable bonds is 1. The SMILES string of the molecule is N#Cc1n[nH]c(N)c1-c1cccc(F)c1. The molecule has 3 N–H and O–H groups in total. The predicted octanol–water partition coefficient (Wildman–Crippen LogP) is 1.67. The van der Waals surface area contributed by atoms with Gasteiger partial charge in [-0.2, -0.15) is 10.4 Å². The summed E-state index contributed by atoms with van der Waals surface area (Å²) in [6, 6.07) is 7.75. The van der Waals surface area contributed by atoms with Gasteiger partial charge in [-0.1, -0.05) is 12.1 Å². The first kappa shape index (κ1) is 9.21. The van der Waals surface area contributed by atoms with Crippen LogP contribution in [0.4, 0.5) is 10.2 Å². The molecule has 74 valence electrons. The molecule has 0 aliphatic rings. The number of H-pyrrole nitrogens is 1. The summed E-state index contributed by atoms with van der Waals surface area (Å²) >= 11 is 0. The highest BCUT2D eigenvalue weighted by atomic mass is 19.1. The highest BCUT2D eigenvalue weighted by Gasteiger charge is 2.12. The average Bonchev–Trinajstić information content (AvgIpc) is 2.59. The topological polar surface area (TPSA) is 78.5 Å². The van der Waals surface area contributed by atoms with Gasteiger partial charge in [0.2, 0.25) is 0 Å². The third-order valence-corrected chi connectivity index (χ3v) is 2.01. The first-order valence-electron chi connectivity index (χ1n) is 4.22. The summed E-state index contributed by atoms with van der Waals surface area (Å²) in [4.78, 5) is 0. The van der Waals surface area contributed by atoms with E-state index in [2.05, 4.69) is 10.2 Å². The molecule has 0 aliphatic carbocycles. The van der Waals surface area contributed by atoms with E-state index in [0.717, 1.165) is 0 Å². The van der Waals surface area contributed by atoms with Crippen molar-refractivity contribution in [3.05, 3.63) is 35.8 Å². The number of nitrogens with zero attached hydrogens (tertiary/aromatic N) is 2. The number of halogens is 1. The largest absolute Gasteiger partial charge is 0.384 e. The molecular formula is C10H7FN4. The van der Waals surface area contributed by atoms with Crippen LogP contribution in [-0.4, -0.2) is 10.2 Å². The van der Waals surface area contributed by atoms with Crippen LogP contribution < -0.4 is 5.73 Å². The Kier molecular flexibility index (Phi) is 2.10. The minimum Gasteiger partial charge on any atom is -0.384 e. The third kappa shape index (κ3) is 1.53. The molecule has 0 saturated heterocycles. The van der Waals surface area contributed by atoms with Crippen LogP contribution >= 0.6 is 0 Å². The third-order valence-electron chi connectivity index (χ3n) is 2.01. The van der Waals surface area contributed by atoms with Crippen molar-refractivity contribution in [1.82, 2.24) is 10.2 Å². The molecule has 2 aromatic rings. The lowest BCUT2D eigenvalue weighted by molar-refractivity contribution is 0.628. The van der Waals surface area contributed by atoms with Crippen molar-refractivity contribution >= 4 is 5.82 Å². The monoisotopic (exact) mass is 202 g/mol. The molecule has 1 heterocycles. The number of nitriles is 1. The Hall–Kier alpha value is -2.35. The van der Waals surface area contributed by atoms with E-state index in [1.807, 2.05) is 6.07 Å². The number of anilines is 1. The summed E-state index contributed by atoms with van der Waals surface area (Å²) in [6.07, 6.45) is 0. The molecule has 0 bridgehead atoms. The molecule has 0 amide bonds. The molecular weight excluding hydrogens is 195 g/mol. The number of hydrogen-bond acceptors (Lipinski definition) is 3. The maximum Gasteiger partial charge on any atom is 0.172 e. The van der Waals surface area contributed by atoms with Crippen molar-refractivity contribution in [2.45, 2.75) is 0 Å². The van der Waals surface area contributed by atoms with Crippen molar-refractivity contribution in [3.63, 3.8) is 0 Å². The van der Waals surface area contributed by atoms with Crippen LogP contribution in [-0.2, 0) is 0 Å². The molecule has 0 unspecified atom stereocenters. The molecule has 1 aromatic carbocycles. The van der Waals surface area contributed by atoms with Gasteiger partial charge >= 0.3 is 0 Å². The van der Waals surface area contributed by atoms with Crippen molar-refractivity contribution < 1.29 is 4.39 Å². The van der Waals surface area contributed by atoms with Gasteiger partial charge in [0, 0.05) is 0 Å². The second-order valence-electron chi connectivity index (χ2n) is 2.98. The van der Waals surface area contributed by atoms with Crippen LogP contribution in [0.2, 0.25) is 0 Å².